The largest absolute Gasteiger partial charge is 0.339 e. The molecule has 0 aliphatic heterocycles. The Labute approximate surface area is 109 Å². The third-order valence-corrected chi connectivity index (χ3v) is 2.68. The van der Waals surface area contributed by atoms with Gasteiger partial charge in [0.05, 0.1) is 5.69 Å². The van der Waals surface area contributed by atoms with Crippen molar-refractivity contribution < 1.29 is 4.39 Å². The van der Waals surface area contributed by atoms with E-state index in [9.17, 15) is 4.39 Å². The smallest absolute Gasteiger partial charge is 0.146 e. The number of rotatable bonds is 2. The van der Waals surface area contributed by atoms with Crippen LogP contribution in [0.25, 0.3) is 0 Å². The molecule has 1 heterocycles. The monoisotopic (exact) mass is 264 g/mol. The number of hydrogen-bond acceptors (Lipinski definition) is 3. The van der Waals surface area contributed by atoms with Gasteiger partial charge in [0.2, 0.25) is 0 Å². The van der Waals surface area contributed by atoms with Gasteiger partial charge in [-0.2, -0.15) is 10.4 Å². The maximum Gasteiger partial charge on any atom is 0.146 e. The van der Waals surface area contributed by atoms with Gasteiger partial charge in [-0.1, -0.05) is 11.6 Å². The average molecular weight is 265 g/mol. The lowest BCUT2D eigenvalue weighted by Gasteiger charge is -2.07. The minimum Gasteiger partial charge on any atom is -0.339 e. The van der Waals surface area contributed by atoms with E-state index in [1.165, 1.54) is 16.8 Å². The quantitative estimate of drug-likeness (QED) is 0.907. The third kappa shape index (κ3) is 2.29. The van der Waals surface area contributed by atoms with Gasteiger partial charge in [0.25, 0.3) is 0 Å². The number of anilines is 2. The first-order chi connectivity index (χ1) is 8.51. The Hall–Kier alpha value is -2.06. The number of nitrogens with one attached hydrogen (secondary N) is 1. The molecule has 0 aliphatic carbocycles. The first-order valence-electron chi connectivity index (χ1n) is 5.18. The Kier molecular flexibility index (Phi) is 3.21. The van der Waals surface area contributed by atoms with E-state index in [2.05, 4.69) is 16.5 Å². The number of hydrogen-bond donors (Lipinski definition) is 1. The van der Waals surface area contributed by atoms with Crippen molar-refractivity contribution in [1.82, 2.24) is 9.78 Å². The summed E-state index contributed by atoms with van der Waals surface area (Å²) in [5, 5.41) is 16.4. The van der Waals surface area contributed by atoms with Gasteiger partial charge in [0, 0.05) is 17.8 Å². The number of halogens is 2. The van der Waals surface area contributed by atoms with Crippen LogP contribution in [0.1, 0.15) is 11.3 Å². The molecule has 0 fully saturated rings. The molecule has 92 valence electrons. The van der Waals surface area contributed by atoms with E-state index in [1.807, 2.05) is 0 Å². The second kappa shape index (κ2) is 4.67. The molecule has 6 heteroatoms. The van der Waals surface area contributed by atoms with E-state index < -0.39 is 5.82 Å². The molecule has 0 amide bonds. The highest BCUT2D eigenvalue weighted by Gasteiger charge is 2.13. The molecule has 0 spiro atoms. The molecule has 4 nitrogen and oxygen atoms in total. The SMILES string of the molecule is Cc1nn(C)c(Nc2cc(F)cc(Cl)c2)c1C#N. The first kappa shape index (κ1) is 12.4. The molecule has 1 aromatic heterocycles. The van der Waals surface area contributed by atoms with Gasteiger partial charge >= 0.3 is 0 Å². The van der Waals surface area contributed by atoms with E-state index in [0.29, 0.717) is 22.8 Å². The Bertz CT molecular complexity index is 622. The topological polar surface area (TPSA) is 53.6 Å². The summed E-state index contributed by atoms with van der Waals surface area (Å²) in [6.45, 7) is 1.74. The van der Waals surface area contributed by atoms with Gasteiger partial charge in [-0.3, -0.25) is 4.68 Å². The Morgan fingerprint density at radius 3 is 2.78 bits per heavy atom. The number of aryl methyl sites for hydroxylation is 2. The zero-order chi connectivity index (χ0) is 13.3. The summed E-state index contributed by atoms with van der Waals surface area (Å²) >= 11 is 5.77. The Balaban J connectivity index is 2.43. The van der Waals surface area contributed by atoms with E-state index in [-0.39, 0.29) is 5.02 Å². The second-order valence-electron chi connectivity index (χ2n) is 3.83. The van der Waals surface area contributed by atoms with Crippen molar-refractivity contribution in [2.24, 2.45) is 7.05 Å². The lowest BCUT2D eigenvalue weighted by atomic mass is 10.2. The summed E-state index contributed by atoms with van der Waals surface area (Å²) in [5.74, 6) is 0.0686. The van der Waals surface area contributed by atoms with Crippen LogP contribution >= 0.6 is 11.6 Å². The van der Waals surface area contributed by atoms with Gasteiger partial charge in [-0.25, -0.2) is 4.39 Å². The molecular weight excluding hydrogens is 255 g/mol. The van der Waals surface area contributed by atoms with E-state index in [0.717, 1.165) is 0 Å². The molecule has 2 aromatic rings. The predicted octanol–water partition coefficient (Wildman–Crippen LogP) is 3.14. The van der Waals surface area contributed by atoms with Gasteiger partial charge in [-0.05, 0) is 25.1 Å². The lowest BCUT2D eigenvalue weighted by Crippen LogP contribution is -2.00. The van der Waals surface area contributed by atoms with E-state index in [1.54, 1.807) is 20.0 Å². The number of benzene rings is 1. The average Bonchev–Trinajstić information content (AvgIpc) is 2.52. The van der Waals surface area contributed by atoms with Crippen LogP contribution in [0.15, 0.2) is 18.2 Å². The zero-order valence-corrected chi connectivity index (χ0v) is 10.6. The number of nitriles is 1. The van der Waals surface area contributed by atoms with Gasteiger partial charge in [0.1, 0.15) is 23.3 Å². The van der Waals surface area contributed by atoms with Crippen molar-refractivity contribution in [1.29, 1.82) is 5.26 Å². The highest BCUT2D eigenvalue weighted by Crippen LogP contribution is 2.25. The summed E-state index contributed by atoms with van der Waals surface area (Å²) in [7, 11) is 1.71. The normalized spacial score (nSPS) is 10.2. The molecule has 0 radical (unpaired) electrons. The van der Waals surface area contributed by atoms with Crippen LogP contribution < -0.4 is 5.32 Å². The molecule has 0 saturated heterocycles. The van der Waals surface area contributed by atoms with Crippen LogP contribution in [0.3, 0.4) is 0 Å². The van der Waals surface area contributed by atoms with Crippen LogP contribution in [-0.4, -0.2) is 9.78 Å². The van der Waals surface area contributed by atoms with E-state index in [4.69, 9.17) is 16.9 Å². The van der Waals surface area contributed by atoms with Gasteiger partial charge in [-0.15, -0.1) is 0 Å². The zero-order valence-electron chi connectivity index (χ0n) is 9.83. The van der Waals surface area contributed by atoms with E-state index >= 15 is 0 Å². The second-order valence-corrected chi connectivity index (χ2v) is 4.26. The van der Waals surface area contributed by atoms with Crippen molar-refractivity contribution in [3.8, 4) is 6.07 Å². The van der Waals surface area contributed by atoms with Crippen LogP contribution in [0.4, 0.5) is 15.9 Å². The van der Waals surface area contributed by atoms with Crippen LogP contribution in [0.2, 0.25) is 5.02 Å². The molecule has 2 rings (SSSR count). The highest BCUT2D eigenvalue weighted by molar-refractivity contribution is 6.30. The van der Waals surface area contributed by atoms with Crippen molar-refractivity contribution in [3.63, 3.8) is 0 Å². The first-order valence-corrected chi connectivity index (χ1v) is 5.56. The number of nitrogens with zero attached hydrogens (tertiary/aromatic N) is 3. The van der Waals surface area contributed by atoms with Gasteiger partial charge < -0.3 is 5.32 Å². The molecule has 1 aromatic carbocycles. The molecule has 0 saturated carbocycles. The molecule has 18 heavy (non-hydrogen) atoms. The van der Waals surface area contributed by atoms with Crippen molar-refractivity contribution >= 4 is 23.1 Å². The summed E-state index contributed by atoms with van der Waals surface area (Å²) < 4.78 is 14.7. The fourth-order valence-corrected chi connectivity index (χ4v) is 1.92. The summed E-state index contributed by atoms with van der Waals surface area (Å²) in [6.07, 6.45) is 0. The minimum atomic E-state index is -0.442. The fraction of sp³-hybridized carbons (Fsp3) is 0.167. The Morgan fingerprint density at radius 2 is 2.17 bits per heavy atom. The summed E-state index contributed by atoms with van der Waals surface area (Å²) in [5.41, 5.74) is 1.52. The maximum absolute atomic E-state index is 13.2. The molecule has 0 aliphatic rings. The van der Waals surface area contributed by atoms with Crippen LogP contribution in [0, 0.1) is 24.1 Å². The molecular formula is C12H10ClFN4. The summed E-state index contributed by atoms with van der Waals surface area (Å²) in [4.78, 5) is 0. The highest BCUT2D eigenvalue weighted by atomic mass is 35.5. The van der Waals surface area contributed by atoms with Crippen molar-refractivity contribution in [3.05, 3.63) is 40.3 Å². The lowest BCUT2D eigenvalue weighted by molar-refractivity contribution is 0.628. The number of aromatic nitrogens is 2. The predicted molar refractivity (Wildman–Crippen MR) is 67.4 cm³/mol. The summed E-state index contributed by atoms with van der Waals surface area (Å²) in [6, 6.07) is 6.15. The van der Waals surface area contributed by atoms with Crippen molar-refractivity contribution in [2.45, 2.75) is 6.92 Å². The fourth-order valence-electron chi connectivity index (χ4n) is 1.70. The minimum absolute atomic E-state index is 0.287. The standard InChI is InChI=1S/C12H10ClFN4/c1-7-11(6-15)12(18(2)17-7)16-10-4-8(13)3-9(14)5-10/h3-5,16H,1-2H3. The molecule has 0 bridgehead atoms. The van der Waals surface area contributed by atoms with Crippen molar-refractivity contribution in [2.75, 3.05) is 5.32 Å². The molecule has 1 N–H and O–H groups in total. The third-order valence-electron chi connectivity index (χ3n) is 2.46. The van der Waals surface area contributed by atoms with Crippen LogP contribution in [-0.2, 0) is 7.05 Å². The molecule has 0 atom stereocenters. The van der Waals surface area contributed by atoms with Gasteiger partial charge in [0.15, 0.2) is 0 Å². The molecule has 0 unspecified atom stereocenters. The maximum atomic E-state index is 13.2. The van der Waals surface area contributed by atoms with Crippen LogP contribution in [0.5, 0.6) is 0 Å². The Morgan fingerprint density at radius 1 is 1.44 bits per heavy atom.